The summed E-state index contributed by atoms with van der Waals surface area (Å²) in [7, 11) is 0. The standard InChI is InChI=1S/C14H26N2O/c1-4-9-15-10-7-13-5-6-14(17)16(13)11-8-12(2)3/h4,12-13,15H,1,5-11H2,2-3H3/t13-/m1/s1. The summed E-state index contributed by atoms with van der Waals surface area (Å²) in [5.74, 6) is 1.02. The van der Waals surface area contributed by atoms with E-state index in [9.17, 15) is 4.79 Å². The number of nitrogens with zero attached hydrogens (tertiary/aromatic N) is 1. The van der Waals surface area contributed by atoms with Gasteiger partial charge in [0, 0.05) is 25.6 Å². The van der Waals surface area contributed by atoms with Crippen molar-refractivity contribution in [1.29, 1.82) is 0 Å². The van der Waals surface area contributed by atoms with Gasteiger partial charge in [-0.2, -0.15) is 0 Å². The number of amides is 1. The van der Waals surface area contributed by atoms with Gasteiger partial charge >= 0.3 is 0 Å². The van der Waals surface area contributed by atoms with Crippen molar-refractivity contribution in [2.24, 2.45) is 5.92 Å². The molecule has 0 bridgehead atoms. The van der Waals surface area contributed by atoms with Gasteiger partial charge in [0.15, 0.2) is 0 Å². The first-order valence-corrected chi connectivity index (χ1v) is 6.76. The molecular formula is C14H26N2O. The van der Waals surface area contributed by atoms with E-state index in [4.69, 9.17) is 0 Å². The van der Waals surface area contributed by atoms with E-state index in [0.29, 0.717) is 17.9 Å². The van der Waals surface area contributed by atoms with Crippen LogP contribution in [0.1, 0.15) is 39.5 Å². The fraction of sp³-hybridized carbons (Fsp3) is 0.786. The molecular weight excluding hydrogens is 212 g/mol. The highest BCUT2D eigenvalue weighted by Crippen LogP contribution is 2.22. The fourth-order valence-electron chi connectivity index (χ4n) is 2.27. The van der Waals surface area contributed by atoms with E-state index in [0.717, 1.165) is 45.3 Å². The summed E-state index contributed by atoms with van der Waals surface area (Å²) in [6.07, 6.45) is 5.83. The summed E-state index contributed by atoms with van der Waals surface area (Å²) in [6, 6.07) is 0.457. The maximum atomic E-state index is 11.8. The monoisotopic (exact) mass is 238 g/mol. The van der Waals surface area contributed by atoms with E-state index in [-0.39, 0.29) is 0 Å². The van der Waals surface area contributed by atoms with E-state index in [1.807, 2.05) is 6.08 Å². The summed E-state index contributed by atoms with van der Waals surface area (Å²) >= 11 is 0. The number of likely N-dealkylation sites (tertiary alicyclic amines) is 1. The SMILES string of the molecule is C=CCNCC[C@H]1CCC(=O)N1CCC(C)C. The normalized spacial score (nSPS) is 20.3. The Morgan fingerprint density at radius 3 is 3.00 bits per heavy atom. The van der Waals surface area contributed by atoms with E-state index < -0.39 is 0 Å². The molecule has 1 heterocycles. The van der Waals surface area contributed by atoms with Crippen LogP contribution in [-0.4, -0.2) is 36.5 Å². The highest BCUT2D eigenvalue weighted by molar-refractivity contribution is 5.78. The number of carbonyl (C=O) groups is 1. The second-order valence-corrected chi connectivity index (χ2v) is 5.24. The number of rotatable bonds is 8. The fourth-order valence-corrected chi connectivity index (χ4v) is 2.27. The van der Waals surface area contributed by atoms with Crippen LogP contribution in [0.25, 0.3) is 0 Å². The third kappa shape index (κ3) is 4.90. The molecule has 1 saturated heterocycles. The van der Waals surface area contributed by atoms with Crippen molar-refractivity contribution in [3.8, 4) is 0 Å². The minimum Gasteiger partial charge on any atom is -0.340 e. The van der Waals surface area contributed by atoms with Crippen molar-refractivity contribution in [2.75, 3.05) is 19.6 Å². The Kier molecular flexibility index (Phi) is 6.27. The first kappa shape index (κ1) is 14.2. The Balaban J connectivity index is 2.30. The highest BCUT2D eigenvalue weighted by Gasteiger charge is 2.29. The lowest BCUT2D eigenvalue weighted by Gasteiger charge is -2.25. The third-order valence-corrected chi connectivity index (χ3v) is 3.34. The quantitative estimate of drug-likeness (QED) is 0.519. The zero-order valence-electron chi connectivity index (χ0n) is 11.2. The van der Waals surface area contributed by atoms with Gasteiger partial charge in [0.25, 0.3) is 0 Å². The van der Waals surface area contributed by atoms with Gasteiger partial charge in [-0.25, -0.2) is 0 Å². The van der Waals surface area contributed by atoms with Crippen molar-refractivity contribution >= 4 is 5.91 Å². The minimum absolute atomic E-state index is 0.347. The van der Waals surface area contributed by atoms with Crippen LogP contribution in [0.4, 0.5) is 0 Å². The molecule has 0 aromatic rings. The van der Waals surface area contributed by atoms with Gasteiger partial charge in [-0.15, -0.1) is 6.58 Å². The predicted molar refractivity (Wildman–Crippen MR) is 71.9 cm³/mol. The third-order valence-electron chi connectivity index (χ3n) is 3.34. The van der Waals surface area contributed by atoms with Crippen molar-refractivity contribution in [3.63, 3.8) is 0 Å². The van der Waals surface area contributed by atoms with Gasteiger partial charge in [0.1, 0.15) is 0 Å². The molecule has 3 heteroatoms. The largest absolute Gasteiger partial charge is 0.340 e. The summed E-state index contributed by atoms with van der Waals surface area (Å²) in [4.78, 5) is 13.9. The molecule has 0 unspecified atom stereocenters. The Morgan fingerprint density at radius 2 is 2.35 bits per heavy atom. The lowest BCUT2D eigenvalue weighted by Crippen LogP contribution is -2.36. The maximum Gasteiger partial charge on any atom is 0.222 e. The van der Waals surface area contributed by atoms with Crippen LogP contribution >= 0.6 is 0 Å². The van der Waals surface area contributed by atoms with Crippen LogP contribution in [0.2, 0.25) is 0 Å². The zero-order chi connectivity index (χ0) is 12.7. The Bertz CT molecular complexity index is 251. The van der Waals surface area contributed by atoms with Gasteiger partial charge in [-0.1, -0.05) is 19.9 Å². The van der Waals surface area contributed by atoms with Crippen molar-refractivity contribution in [1.82, 2.24) is 10.2 Å². The smallest absolute Gasteiger partial charge is 0.222 e. The highest BCUT2D eigenvalue weighted by atomic mass is 16.2. The summed E-state index contributed by atoms with van der Waals surface area (Å²) in [5.41, 5.74) is 0. The molecule has 0 aliphatic carbocycles. The lowest BCUT2D eigenvalue weighted by molar-refractivity contribution is -0.129. The Morgan fingerprint density at radius 1 is 1.59 bits per heavy atom. The van der Waals surface area contributed by atoms with Gasteiger partial charge < -0.3 is 10.2 Å². The maximum absolute atomic E-state index is 11.8. The second kappa shape index (κ2) is 7.49. The molecule has 0 spiro atoms. The average molecular weight is 238 g/mol. The molecule has 98 valence electrons. The van der Waals surface area contributed by atoms with Crippen LogP contribution in [-0.2, 0) is 4.79 Å². The van der Waals surface area contributed by atoms with E-state index in [1.165, 1.54) is 0 Å². The van der Waals surface area contributed by atoms with Crippen LogP contribution < -0.4 is 5.32 Å². The number of carbonyl (C=O) groups excluding carboxylic acids is 1. The molecule has 17 heavy (non-hydrogen) atoms. The van der Waals surface area contributed by atoms with Gasteiger partial charge in [0.2, 0.25) is 5.91 Å². The molecule has 0 aromatic heterocycles. The number of hydrogen-bond donors (Lipinski definition) is 1. The van der Waals surface area contributed by atoms with Crippen molar-refractivity contribution in [3.05, 3.63) is 12.7 Å². The molecule has 1 N–H and O–H groups in total. The molecule has 1 rings (SSSR count). The first-order valence-electron chi connectivity index (χ1n) is 6.76. The summed E-state index contributed by atoms with van der Waals surface area (Å²) in [6.45, 7) is 10.9. The predicted octanol–water partition coefficient (Wildman–Crippen LogP) is 2.19. The Labute approximate surface area is 105 Å². The first-order chi connectivity index (χ1) is 8.15. The summed E-state index contributed by atoms with van der Waals surface area (Å²) in [5, 5.41) is 3.31. The topological polar surface area (TPSA) is 32.3 Å². The molecule has 0 radical (unpaired) electrons. The molecule has 3 nitrogen and oxygen atoms in total. The van der Waals surface area contributed by atoms with Crippen molar-refractivity contribution in [2.45, 2.75) is 45.6 Å². The lowest BCUT2D eigenvalue weighted by atomic mass is 10.1. The Hall–Kier alpha value is -0.830. The van der Waals surface area contributed by atoms with Crippen LogP contribution in [0.5, 0.6) is 0 Å². The molecule has 1 fully saturated rings. The number of hydrogen-bond acceptors (Lipinski definition) is 2. The molecule has 0 aromatic carbocycles. The molecule has 1 aliphatic rings. The second-order valence-electron chi connectivity index (χ2n) is 5.24. The van der Waals surface area contributed by atoms with E-state index in [2.05, 4.69) is 30.6 Å². The molecule has 1 aliphatic heterocycles. The van der Waals surface area contributed by atoms with E-state index >= 15 is 0 Å². The van der Waals surface area contributed by atoms with Crippen LogP contribution in [0, 0.1) is 5.92 Å². The van der Waals surface area contributed by atoms with Crippen LogP contribution in [0.15, 0.2) is 12.7 Å². The number of nitrogens with one attached hydrogen (secondary N) is 1. The molecule has 1 amide bonds. The van der Waals surface area contributed by atoms with Gasteiger partial charge in [-0.05, 0) is 31.7 Å². The van der Waals surface area contributed by atoms with Gasteiger partial charge in [-0.3, -0.25) is 4.79 Å². The van der Waals surface area contributed by atoms with Gasteiger partial charge in [0.05, 0.1) is 0 Å². The molecule has 0 saturated carbocycles. The van der Waals surface area contributed by atoms with Crippen LogP contribution in [0.3, 0.4) is 0 Å². The minimum atomic E-state index is 0.347. The average Bonchev–Trinajstić information content (AvgIpc) is 2.63. The van der Waals surface area contributed by atoms with E-state index in [1.54, 1.807) is 0 Å². The zero-order valence-corrected chi connectivity index (χ0v) is 11.2. The molecule has 1 atom stereocenters. The van der Waals surface area contributed by atoms with Crippen molar-refractivity contribution < 1.29 is 4.79 Å². The summed E-state index contributed by atoms with van der Waals surface area (Å²) < 4.78 is 0.